The first-order chi connectivity index (χ1) is 12.7. The monoisotopic (exact) mass is 389 g/mol. The van der Waals surface area contributed by atoms with Crippen LogP contribution in [0.4, 0.5) is 0 Å². The molecule has 0 aliphatic rings. The molecule has 0 heterocycles. The smallest absolute Gasteiger partial charge is 0.335 e. The number of hydrogen-bond acceptors (Lipinski definition) is 3. The van der Waals surface area contributed by atoms with Gasteiger partial charge in [-0.25, -0.2) is 4.79 Å². The van der Waals surface area contributed by atoms with Crippen LogP contribution >= 0.6 is 11.6 Å². The molecule has 144 valence electrons. The number of ether oxygens (including phenoxy) is 1. The predicted octanol–water partition coefficient (Wildman–Crippen LogP) is 4.73. The second-order valence-electron chi connectivity index (χ2n) is 6.80. The van der Waals surface area contributed by atoms with Crippen LogP contribution in [0, 0.1) is 0 Å². The van der Waals surface area contributed by atoms with Crippen LogP contribution in [0.3, 0.4) is 0 Å². The van der Waals surface area contributed by atoms with E-state index >= 15 is 0 Å². The molecule has 2 aromatic rings. The molecule has 5 nitrogen and oxygen atoms in total. The van der Waals surface area contributed by atoms with Crippen molar-refractivity contribution >= 4 is 23.5 Å². The van der Waals surface area contributed by atoms with Crippen molar-refractivity contribution in [2.45, 2.75) is 39.8 Å². The van der Waals surface area contributed by atoms with E-state index in [2.05, 4.69) is 0 Å². The first-order valence-corrected chi connectivity index (χ1v) is 9.15. The molecule has 0 aliphatic heterocycles. The Hall–Kier alpha value is -2.53. The highest BCUT2D eigenvalue weighted by Gasteiger charge is 2.20. The van der Waals surface area contributed by atoms with E-state index in [4.69, 9.17) is 21.4 Å². The van der Waals surface area contributed by atoms with Gasteiger partial charge in [0, 0.05) is 22.7 Å². The topological polar surface area (TPSA) is 66.8 Å². The van der Waals surface area contributed by atoms with Crippen molar-refractivity contribution in [1.29, 1.82) is 0 Å². The Morgan fingerprint density at radius 1 is 1.04 bits per heavy atom. The number of halogens is 1. The Morgan fingerprint density at radius 3 is 2.11 bits per heavy atom. The Morgan fingerprint density at radius 2 is 1.63 bits per heavy atom. The molecule has 0 saturated carbocycles. The van der Waals surface area contributed by atoms with Crippen LogP contribution in [-0.2, 0) is 4.79 Å². The zero-order valence-electron chi connectivity index (χ0n) is 15.9. The lowest BCUT2D eigenvalue weighted by Gasteiger charge is -2.30. The average molecular weight is 390 g/mol. The van der Waals surface area contributed by atoms with Crippen molar-refractivity contribution in [1.82, 2.24) is 4.90 Å². The SMILES string of the molecule is CC(C)N(C(=O)COc1ccc(-c2ccc(C(=O)O)cc2Cl)cc1)C(C)C. The summed E-state index contributed by atoms with van der Waals surface area (Å²) >= 11 is 6.20. The second-order valence-corrected chi connectivity index (χ2v) is 7.21. The first-order valence-electron chi connectivity index (χ1n) is 8.78. The van der Waals surface area contributed by atoms with Crippen LogP contribution in [-0.4, -0.2) is 40.6 Å². The van der Waals surface area contributed by atoms with Crippen LogP contribution in [0.25, 0.3) is 11.1 Å². The summed E-state index contributed by atoms with van der Waals surface area (Å²) in [5, 5.41) is 9.38. The van der Waals surface area contributed by atoms with Gasteiger partial charge in [0.25, 0.3) is 5.91 Å². The molecule has 1 amide bonds. The number of benzene rings is 2. The van der Waals surface area contributed by atoms with E-state index in [0.717, 1.165) is 11.1 Å². The number of carboxylic acids is 1. The van der Waals surface area contributed by atoms with Crippen LogP contribution in [0.2, 0.25) is 5.02 Å². The number of carbonyl (C=O) groups excluding carboxylic acids is 1. The van der Waals surface area contributed by atoms with E-state index in [9.17, 15) is 9.59 Å². The van der Waals surface area contributed by atoms with Gasteiger partial charge in [-0.05, 0) is 57.5 Å². The molecule has 0 aliphatic carbocycles. The molecule has 2 rings (SSSR count). The number of amides is 1. The molecule has 6 heteroatoms. The molecule has 0 fully saturated rings. The molecule has 2 aromatic carbocycles. The molecule has 0 bridgehead atoms. The van der Waals surface area contributed by atoms with Gasteiger partial charge in [0.1, 0.15) is 5.75 Å². The Labute approximate surface area is 164 Å². The van der Waals surface area contributed by atoms with E-state index in [0.29, 0.717) is 10.8 Å². The largest absolute Gasteiger partial charge is 0.484 e. The molecule has 27 heavy (non-hydrogen) atoms. The predicted molar refractivity (Wildman–Crippen MR) is 106 cm³/mol. The minimum absolute atomic E-state index is 0.0240. The molecule has 0 atom stereocenters. The molecular formula is C21H24ClNO4. The molecule has 0 unspecified atom stereocenters. The van der Waals surface area contributed by atoms with Crippen LogP contribution in [0.1, 0.15) is 38.1 Å². The summed E-state index contributed by atoms with van der Waals surface area (Å²) in [7, 11) is 0. The van der Waals surface area contributed by atoms with Gasteiger partial charge >= 0.3 is 5.97 Å². The van der Waals surface area contributed by atoms with E-state index in [1.807, 2.05) is 39.8 Å². The third kappa shape index (κ3) is 5.23. The number of aromatic carboxylic acids is 1. The van der Waals surface area contributed by atoms with Crippen molar-refractivity contribution in [2.24, 2.45) is 0 Å². The Balaban J connectivity index is 2.07. The minimum Gasteiger partial charge on any atom is -0.484 e. The molecular weight excluding hydrogens is 366 g/mol. The van der Waals surface area contributed by atoms with Crippen molar-refractivity contribution < 1.29 is 19.4 Å². The summed E-state index contributed by atoms with van der Waals surface area (Å²) in [5.74, 6) is -0.497. The molecule has 0 radical (unpaired) electrons. The number of carboxylic acid groups (broad SMARTS) is 1. The molecule has 1 N–H and O–H groups in total. The lowest BCUT2D eigenvalue weighted by atomic mass is 10.0. The third-order valence-corrected chi connectivity index (χ3v) is 4.46. The average Bonchev–Trinajstić information content (AvgIpc) is 2.59. The normalized spacial score (nSPS) is 10.9. The van der Waals surface area contributed by atoms with Gasteiger partial charge in [-0.15, -0.1) is 0 Å². The fourth-order valence-electron chi connectivity index (χ4n) is 3.00. The fraction of sp³-hybridized carbons (Fsp3) is 0.333. The van der Waals surface area contributed by atoms with Gasteiger partial charge in [0.05, 0.1) is 5.56 Å². The quantitative estimate of drug-likeness (QED) is 0.743. The van der Waals surface area contributed by atoms with E-state index in [-0.39, 0.29) is 30.2 Å². The van der Waals surface area contributed by atoms with Gasteiger partial charge in [0.15, 0.2) is 6.61 Å². The van der Waals surface area contributed by atoms with E-state index < -0.39 is 5.97 Å². The van der Waals surface area contributed by atoms with Crippen LogP contribution in [0.5, 0.6) is 5.75 Å². The summed E-state index contributed by atoms with van der Waals surface area (Å²) in [6.45, 7) is 7.89. The highest BCUT2D eigenvalue weighted by Crippen LogP contribution is 2.30. The maximum absolute atomic E-state index is 12.4. The van der Waals surface area contributed by atoms with Gasteiger partial charge in [-0.3, -0.25) is 4.79 Å². The van der Waals surface area contributed by atoms with Gasteiger partial charge in [0.2, 0.25) is 0 Å². The minimum atomic E-state index is -1.02. The lowest BCUT2D eigenvalue weighted by molar-refractivity contribution is -0.136. The standard InChI is InChI=1S/C21H24ClNO4/c1-13(2)23(14(3)4)20(24)12-27-17-8-5-15(6-9-17)18-10-7-16(21(25)26)11-19(18)22/h5-11,13-14H,12H2,1-4H3,(H,25,26). The van der Waals surface area contributed by atoms with Gasteiger partial charge in [-0.1, -0.05) is 29.8 Å². The molecule has 0 aromatic heterocycles. The third-order valence-electron chi connectivity index (χ3n) is 4.14. The zero-order valence-corrected chi connectivity index (χ0v) is 16.7. The first kappa shape index (κ1) is 20.8. The summed E-state index contributed by atoms with van der Waals surface area (Å²) in [6.07, 6.45) is 0. The number of carbonyl (C=O) groups is 2. The van der Waals surface area contributed by atoms with Crippen molar-refractivity contribution in [3.8, 4) is 16.9 Å². The molecule has 0 saturated heterocycles. The fourth-order valence-corrected chi connectivity index (χ4v) is 3.29. The summed E-state index contributed by atoms with van der Waals surface area (Å²) < 4.78 is 5.62. The van der Waals surface area contributed by atoms with Gasteiger partial charge < -0.3 is 14.7 Å². The van der Waals surface area contributed by atoms with E-state index in [1.165, 1.54) is 12.1 Å². The summed E-state index contributed by atoms with van der Waals surface area (Å²) in [5.41, 5.74) is 1.71. The van der Waals surface area contributed by atoms with Gasteiger partial charge in [-0.2, -0.15) is 0 Å². The van der Waals surface area contributed by atoms with Crippen molar-refractivity contribution in [2.75, 3.05) is 6.61 Å². The number of rotatable bonds is 7. The highest BCUT2D eigenvalue weighted by molar-refractivity contribution is 6.33. The lowest BCUT2D eigenvalue weighted by Crippen LogP contribution is -2.44. The summed E-state index contributed by atoms with van der Waals surface area (Å²) in [4.78, 5) is 25.1. The van der Waals surface area contributed by atoms with Crippen molar-refractivity contribution in [3.05, 3.63) is 53.1 Å². The maximum atomic E-state index is 12.4. The van der Waals surface area contributed by atoms with Crippen LogP contribution < -0.4 is 4.74 Å². The Kier molecular flexibility index (Phi) is 6.86. The van der Waals surface area contributed by atoms with E-state index in [1.54, 1.807) is 23.1 Å². The van der Waals surface area contributed by atoms with Crippen molar-refractivity contribution in [3.63, 3.8) is 0 Å². The second kappa shape index (κ2) is 8.91. The number of hydrogen-bond donors (Lipinski definition) is 1. The van der Waals surface area contributed by atoms with Crippen LogP contribution in [0.15, 0.2) is 42.5 Å². The summed E-state index contributed by atoms with van der Waals surface area (Å²) in [6, 6.07) is 12.0. The molecule has 0 spiro atoms. The zero-order chi connectivity index (χ0) is 20.1. The maximum Gasteiger partial charge on any atom is 0.335 e. The number of nitrogens with zero attached hydrogens (tertiary/aromatic N) is 1. The highest BCUT2D eigenvalue weighted by atomic mass is 35.5. The Bertz CT molecular complexity index is 807.